The maximum atomic E-state index is 13.0. The van der Waals surface area contributed by atoms with Gasteiger partial charge in [-0.15, -0.1) is 0 Å². The summed E-state index contributed by atoms with van der Waals surface area (Å²) in [5, 5.41) is 0. The quantitative estimate of drug-likeness (QED) is 0.713. The third kappa shape index (κ3) is 2.92. The molecule has 2 heteroatoms. The van der Waals surface area contributed by atoms with E-state index in [2.05, 4.69) is 32.6 Å². The van der Waals surface area contributed by atoms with Crippen LogP contribution in [0.25, 0.3) is 0 Å². The Hall–Kier alpha value is -0.890. The molecule has 1 fully saturated rings. The van der Waals surface area contributed by atoms with Crippen LogP contribution in [-0.2, 0) is 0 Å². The molecular weight excluding hydrogens is 225 g/mol. The molecule has 0 saturated carbocycles. The van der Waals surface area contributed by atoms with Crippen LogP contribution in [0.1, 0.15) is 52.1 Å². The Kier molecular flexibility index (Phi) is 3.76. The highest BCUT2D eigenvalue weighted by atomic mass is 19.1. The number of piperidine rings is 1. The van der Waals surface area contributed by atoms with Gasteiger partial charge in [-0.25, -0.2) is 4.39 Å². The molecule has 18 heavy (non-hydrogen) atoms. The van der Waals surface area contributed by atoms with E-state index in [-0.39, 0.29) is 11.4 Å². The zero-order chi connectivity index (χ0) is 13.3. The van der Waals surface area contributed by atoms with Crippen LogP contribution in [0.15, 0.2) is 24.3 Å². The lowest BCUT2D eigenvalue weighted by Crippen LogP contribution is -2.47. The van der Waals surface area contributed by atoms with Crippen molar-refractivity contribution in [2.45, 2.75) is 52.1 Å². The summed E-state index contributed by atoms with van der Waals surface area (Å²) in [4.78, 5) is 2.56. The molecule has 0 aromatic heterocycles. The van der Waals surface area contributed by atoms with Crippen LogP contribution in [0.5, 0.6) is 0 Å². The topological polar surface area (TPSA) is 3.24 Å². The molecule has 1 aliphatic rings. The minimum atomic E-state index is -0.148. The van der Waals surface area contributed by atoms with Crippen molar-refractivity contribution in [3.63, 3.8) is 0 Å². The summed E-state index contributed by atoms with van der Waals surface area (Å²) >= 11 is 0. The predicted molar refractivity (Wildman–Crippen MR) is 74.0 cm³/mol. The van der Waals surface area contributed by atoms with Gasteiger partial charge in [0, 0.05) is 11.6 Å². The van der Waals surface area contributed by atoms with E-state index >= 15 is 0 Å². The SMILES string of the molecule is C[C@@H]1CCN(C(C)(C)C)[C@H](c2ccc(F)cc2)C1. The van der Waals surface area contributed by atoms with Crippen LogP contribution in [0.3, 0.4) is 0 Å². The largest absolute Gasteiger partial charge is 0.291 e. The Bertz CT molecular complexity index is 391. The number of benzene rings is 1. The summed E-state index contributed by atoms with van der Waals surface area (Å²) in [6.45, 7) is 10.2. The molecule has 0 amide bonds. The first-order valence-corrected chi connectivity index (χ1v) is 6.90. The Labute approximate surface area is 110 Å². The van der Waals surface area contributed by atoms with Crippen molar-refractivity contribution in [1.82, 2.24) is 4.90 Å². The number of likely N-dealkylation sites (tertiary alicyclic amines) is 1. The van der Waals surface area contributed by atoms with Gasteiger partial charge in [-0.3, -0.25) is 4.90 Å². The van der Waals surface area contributed by atoms with Gasteiger partial charge in [0.15, 0.2) is 0 Å². The highest BCUT2D eigenvalue weighted by Crippen LogP contribution is 2.38. The van der Waals surface area contributed by atoms with Gasteiger partial charge < -0.3 is 0 Å². The average Bonchev–Trinajstić information content (AvgIpc) is 2.28. The molecule has 0 unspecified atom stereocenters. The van der Waals surface area contributed by atoms with Crippen molar-refractivity contribution in [2.75, 3.05) is 6.54 Å². The standard InChI is InChI=1S/C16H24FN/c1-12-9-10-18(16(2,3)4)15(11-12)13-5-7-14(17)8-6-13/h5-8,12,15H,9-11H2,1-4H3/t12-,15+/m1/s1. The monoisotopic (exact) mass is 249 g/mol. The van der Waals surface area contributed by atoms with Crippen molar-refractivity contribution in [3.05, 3.63) is 35.6 Å². The third-order valence-electron chi connectivity index (χ3n) is 3.98. The summed E-state index contributed by atoms with van der Waals surface area (Å²) in [6, 6.07) is 7.47. The van der Waals surface area contributed by atoms with Gasteiger partial charge in [-0.1, -0.05) is 19.1 Å². The molecule has 2 atom stereocenters. The number of hydrogen-bond acceptors (Lipinski definition) is 1. The van der Waals surface area contributed by atoms with Gasteiger partial charge in [0.25, 0.3) is 0 Å². The summed E-state index contributed by atoms with van der Waals surface area (Å²) in [5.41, 5.74) is 1.41. The molecule has 2 rings (SSSR count). The first-order valence-electron chi connectivity index (χ1n) is 6.90. The fourth-order valence-electron chi connectivity index (χ4n) is 2.95. The molecular formula is C16H24FN. The van der Waals surface area contributed by atoms with Gasteiger partial charge in [-0.05, 0) is 63.8 Å². The highest BCUT2D eigenvalue weighted by molar-refractivity contribution is 5.21. The maximum absolute atomic E-state index is 13.0. The van der Waals surface area contributed by atoms with Crippen LogP contribution in [0, 0.1) is 11.7 Å². The van der Waals surface area contributed by atoms with Gasteiger partial charge in [0.2, 0.25) is 0 Å². The second-order valence-electron chi connectivity index (χ2n) is 6.56. The number of hydrogen-bond donors (Lipinski definition) is 0. The van der Waals surface area contributed by atoms with Crippen LogP contribution in [-0.4, -0.2) is 17.0 Å². The number of halogens is 1. The predicted octanol–water partition coefficient (Wildman–Crippen LogP) is 4.40. The van der Waals surface area contributed by atoms with Gasteiger partial charge in [0.1, 0.15) is 5.82 Å². The van der Waals surface area contributed by atoms with E-state index in [1.54, 1.807) is 12.1 Å². The third-order valence-corrected chi connectivity index (χ3v) is 3.98. The first-order chi connectivity index (χ1) is 8.38. The molecule has 1 nitrogen and oxygen atoms in total. The molecule has 0 radical (unpaired) electrons. The van der Waals surface area contributed by atoms with Crippen molar-refractivity contribution >= 4 is 0 Å². The fraction of sp³-hybridized carbons (Fsp3) is 0.625. The van der Waals surface area contributed by atoms with Gasteiger partial charge in [-0.2, -0.15) is 0 Å². The van der Waals surface area contributed by atoms with Crippen LogP contribution >= 0.6 is 0 Å². The van der Waals surface area contributed by atoms with Crippen LogP contribution in [0.4, 0.5) is 4.39 Å². The lowest BCUT2D eigenvalue weighted by Gasteiger charge is -2.46. The minimum absolute atomic E-state index is 0.148. The van der Waals surface area contributed by atoms with E-state index in [0.29, 0.717) is 6.04 Å². The normalized spacial score (nSPS) is 26.3. The Balaban J connectivity index is 2.28. The van der Waals surface area contributed by atoms with Crippen molar-refractivity contribution in [2.24, 2.45) is 5.92 Å². The molecule has 1 aromatic carbocycles. The Morgan fingerprint density at radius 1 is 1.17 bits per heavy atom. The van der Waals surface area contributed by atoms with Gasteiger partial charge in [0.05, 0.1) is 0 Å². The summed E-state index contributed by atoms with van der Waals surface area (Å²) in [5.74, 6) is 0.601. The zero-order valence-electron chi connectivity index (χ0n) is 11.9. The lowest BCUT2D eigenvalue weighted by molar-refractivity contribution is 0.0326. The molecule has 0 N–H and O–H groups in total. The van der Waals surface area contributed by atoms with E-state index in [9.17, 15) is 4.39 Å². The van der Waals surface area contributed by atoms with E-state index < -0.39 is 0 Å². The number of nitrogens with zero attached hydrogens (tertiary/aromatic N) is 1. The fourth-order valence-corrected chi connectivity index (χ4v) is 2.95. The second kappa shape index (κ2) is 5.00. The molecule has 1 aromatic rings. The maximum Gasteiger partial charge on any atom is 0.123 e. The Morgan fingerprint density at radius 3 is 2.33 bits per heavy atom. The summed E-state index contributed by atoms with van der Waals surface area (Å²) in [6.07, 6.45) is 2.43. The molecule has 1 heterocycles. The van der Waals surface area contributed by atoms with Crippen molar-refractivity contribution in [1.29, 1.82) is 0 Å². The summed E-state index contributed by atoms with van der Waals surface area (Å²) in [7, 11) is 0. The minimum Gasteiger partial charge on any atom is -0.291 e. The Morgan fingerprint density at radius 2 is 1.78 bits per heavy atom. The van der Waals surface area contributed by atoms with Crippen LogP contribution < -0.4 is 0 Å². The van der Waals surface area contributed by atoms with E-state index in [4.69, 9.17) is 0 Å². The lowest BCUT2D eigenvalue weighted by atomic mass is 9.85. The second-order valence-corrected chi connectivity index (χ2v) is 6.56. The molecule has 1 saturated heterocycles. The number of rotatable bonds is 1. The smallest absolute Gasteiger partial charge is 0.123 e. The molecule has 0 bridgehead atoms. The average molecular weight is 249 g/mol. The van der Waals surface area contributed by atoms with Crippen molar-refractivity contribution in [3.8, 4) is 0 Å². The molecule has 0 aliphatic carbocycles. The van der Waals surface area contributed by atoms with E-state index in [1.807, 2.05) is 12.1 Å². The first kappa shape index (κ1) is 13.5. The highest BCUT2D eigenvalue weighted by Gasteiger charge is 2.34. The van der Waals surface area contributed by atoms with Crippen LogP contribution in [0.2, 0.25) is 0 Å². The van der Waals surface area contributed by atoms with E-state index in [1.165, 1.54) is 18.4 Å². The molecule has 100 valence electrons. The zero-order valence-corrected chi connectivity index (χ0v) is 11.9. The summed E-state index contributed by atoms with van der Waals surface area (Å²) < 4.78 is 13.0. The van der Waals surface area contributed by atoms with Crippen molar-refractivity contribution < 1.29 is 4.39 Å². The van der Waals surface area contributed by atoms with E-state index in [0.717, 1.165) is 12.5 Å². The molecule has 0 spiro atoms. The van der Waals surface area contributed by atoms with Gasteiger partial charge >= 0.3 is 0 Å². The molecule has 1 aliphatic heterocycles.